The lowest BCUT2D eigenvalue weighted by atomic mass is 9.81. The summed E-state index contributed by atoms with van der Waals surface area (Å²) in [5.74, 6) is 0.833. The van der Waals surface area contributed by atoms with E-state index in [1.165, 1.54) is 19.3 Å². The molecule has 0 unspecified atom stereocenters. The van der Waals surface area contributed by atoms with Gasteiger partial charge in [-0.3, -0.25) is 4.79 Å². The molecule has 4 atom stereocenters. The predicted molar refractivity (Wildman–Crippen MR) is 85.8 cm³/mol. The average molecular weight is 300 g/mol. The van der Waals surface area contributed by atoms with Gasteiger partial charge in [0.15, 0.2) is 0 Å². The first-order chi connectivity index (χ1) is 10.8. The van der Waals surface area contributed by atoms with Gasteiger partial charge in [0, 0.05) is 30.8 Å². The lowest BCUT2D eigenvalue weighted by molar-refractivity contribution is -0.119. The monoisotopic (exact) mass is 300 g/mol. The Morgan fingerprint density at radius 1 is 1.09 bits per heavy atom. The molecule has 22 heavy (non-hydrogen) atoms. The van der Waals surface area contributed by atoms with Crippen LogP contribution >= 0.6 is 0 Å². The van der Waals surface area contributed by atoms with Crippen LogP contribution in [0.4, 0.5) is 5.69 Å². The normalized spacial score (nSPS) is 34.9. The number of ether oxygens (including phenoxy) is 1. The molecule has 3 aliphatic rings. The topological polar surface area (TPSA) is 41.6 Å². The van der Waals surface area contributed by atoms with E-state index in [4.69, 9.17) is 4.74 Å². The third-order valence-corrected chi connectivity index (χ3v) is 5.47. The van der Waals surface area contributed by atoms with E-state index in [-0.39, 0.29) is 11.9 Å². The van der Waals surface area contributed by atoms with Crippen LogP contribution in [0.2, 0.25) is 0 Å². The van der Waals surface area contributed by atoms with Crippen LogP contribution in [-0.4, -0.2) is 37.2 Å². The molecule has 3 fully saturated rings. The van der Waals surface area contributed by atoms with Crippen molar-refractivity contribution in [3.63, 3.8) is 0 Å². The van der Waals surface area contributed by atoms with E-state index in [1.807, 2.05) is 35.2 Å². The standard InChI is InChI=1S/C18H24N2O2/c21-18-16(9-11-20(18)13-5-2-1-3-6-13)19-15-7-4-8-17-14(15)10-12-22-17/h1-3,5-6,14-17,19H,4,7-12H2/t14-,15+,16+,17-/m0/s1. The van der Waals surface area contributed by atoms with E-state index < -0.39 is 0 Å². The van der Waals surface area contributed by atoms with Crippen LogP contribution in [0.15, 0.2) is 30.3 Å². The fourth-order valence-corrected chi connectivity index (χ4v) is 4.34. The average Bonchev–Trinajstić information content (AvgIpc) is 3.16. The molecule has 1 amide bonds. The van der Waals surface area contributed by atoms with Crippen LogP contribution in [0.25, 0.3) is 0 Å². The van der Waals surface area contributed by atoms with E-state index >= 15 is 0 Å². The Hall–Kier alpha value is -1.39. The Morgan fingerprint density at radius 3 is 2.82 bits per heavy atom. The number of hydrogen-bond acceptors (Lipinski definition) is 3. The Kier molecular flexibility index (Phi) is 3.89. The van der Waals surface area contributed by atoms with Gasteiger partial charge in [0.2, 0.25) is 5.91 Å². The van der Waals surface area contributed by atoms with Gasteiger partial charge in [-0.05, 0) is 44.2 Å². The van der Waals surface area contributed by atoms with Crippen molar-refractivity contribution in [1.29, 1.82) is 0 Å². The molecule has 1 aliphatic carbocycles. The van der Waals surface area contributed by atoms with E-state index in [0.717, 1.165) is 31.7 Å². The minimum absolute atomic E-state index is 0.0236. The van der Waals surface area contributed by atoms with Crippen molar-refractivity contribution in [2.45, 2.75) is 50.3 Å². The lowest BCUT2D eigenvalue weighted by Crippen LogP contribution is -2.50. The van der Waals surface area contributed by atoms with Gasteiger partial charge in [0.1, 0.15) is 0 Å². The molecule has 0 radical (unpaired) electrons. The second kappa shape index (κ2) is 6.01. The first-order valence-electron chi connectivity index (χ1n) is 8.57. The number of para-hydroxylation sites is 1. The zero-order valence-electron chi connectivity index (χ0n) is 12.9. The second-order valence-electron chi connectivity index (χ2n) is 6.73. The van der Waals surface area contributed by atoms with Gasteiger partial charge in [-0.25, -0.2) is 0 Å². The Balaban J connectivity index is 1.43. The molecule has 2 saturated heterocycles. The van der Waals surface area contributed by atoms with Crippen molar-refractivity contribution < 1.29 is 9.53 Å². The van der Waals surface area contributed by atoms with Crippen molar-refractivity contribution in [3.05, 3.63) is 30.3 Å². The summed E-state index contributed by atoms with van der Waals surface area (Å²) in [5, 5.41) is 3.67. The molecule has 0 bridgehead atoms. The summed E-state index contributed by atoms with van der Waals surface area (Å²) in [6, 6.07) is 10.4. The van der Waals surface area contributed by atoms with Gasteiger partial charge >= 0.3 is 0 Å². The molecule has 1 saturated carbocycles. The third kappa shape index (κ3) is 2.55. The first-order valence-corrected chi connectivity index (χ1v) is 8.57. The molecule has 0 spiro atoms. The summed E-state index contributed by atoms with van der Waals surface area (Å²) in [7, 11) is 0. The predicted octanol–water partition coefficient (Wildman–Crippen LogP) is 2.34. The number of hydrogen-bond donors (Lipinski definition) is 1. The Morgan fingerprint density at radius 2 is 1.95 bits per heavy atom. The van der Waals surface area contributed by atoms with E-state index in [0.29, 0.717) is 18.1 Å². The Labute approximate surface area is 131 Å². The number of nitrogens with zero attached hydrogens (tertiary/aromatic N) is 1. The maximum Gasteiger partial charge on any atom is 0.244 e. The molecule has 1 aromatic carbocycles. The minimum atomic E-state index is -0.0236. The molecule has 1 aromatic rings. The Bertz CT molecular complexity index is 533. The van der Waals surface area contributed by atoms with Crippen LogP contribution in [0.3, 0.4) is 0 Å². The number of fused-ring (bicyclic) bond motifs is 1. The van der Waals surface area contributed by atoms with E-state index in [9.17, 15) is 4.79 Å². The number of rotatable bonds is 3. The molecular weight excluding hydrogens is 276 g/mol. The van der Waals surface area contributed by atoms with Crippen LogP contribution in [0.1, 0.15) is 32.1 Å². The van der Waals surface area contributed by atoms with Gasteiger partial charge in [-0.1, -0.05) is 18.2 Å². The van der Waals surface area contributed by atoms with Crippen molar-refractivity contribution in [3.8, 4) is 0 Å². The van der Waals surface area contributed by atoms with Crippen LogP contribution in [-0.2, 0) is 9.53 Å². The van der Waals surface area contributed by atoms with Crippen LogP contribution in [0.5, 0.6) is 0 Å². The number of nitrogens with one attached hydrogen (secondary N) is 1. The number of carbonyl (C=O) groups is 1. The van der Waals surface area contributed by atoms with Crippen LogP contribution < -0.4 is 10.2 Å². The summed E-state index contributed by atoms with van der Waals surface area (Å²) in [6.07, 6.45) is 6.06. The maximum atomic E-state index is 12.7. The highest BCUT2D eigenvalue weighted by Gasteiger charge is 2.41. The molecule has 4 heteroatoms. The van der Waals surface area contributed by atoms with E-state index in [1.54, 1.807) is 0 Å². The molecule has 2 aliphatic heterocycles. The summed E-state index contributed by atoms with van der Waals surface area (Å²) < 4.78 is 5.83. The zero-order valence-corrected chi connectivity index (χ0v) is 12.9. The molecule has 4 rings (SSSR count). The highest BCUT2D eigenvalue weighted by atomic mass is 16.5. The summed E-state index contributed by atoms with van der Waals surface area (Å²) in [4.78, 5) is 14.6. The molecule has 0 aromatic heterocycles. The van der Waals surface area contributed by atoms with Crippen molar-refractivity contribution >= 4 is 11.6 Å². The minimum Gasteiger partial charge on any atom is -0.378 e. The number of anilines is 1. The molecule has 1 N–H and O–H groups in total. The maximum absolute atomic E-state index is 12.7. The SMILES string of the molecule is O=C1[C@H](N[C@@H]2CCC[C@@H]3OCC[C@H]32)CCN1c1ccccc1. The van der Waals surface area contributed by atoms with Gasteiger partial charge in [-0.15, -0.1) is 0 Å². The lowest BCUT2D eigenvalue weighted by Gasteiger charge is -2.34. The fraction of sp³-hybridized carbons (Fsp3) is 0.611. The highest BCUT2D eigenvalue weighted by molar-refractivity contribution is 5.99. The summed E-state index contributed by atoms with van der Waals surface area (Å²) in [6.45, 7) is 1.71. The molecule has 4 nitrogen and oxygen atoms in total. The van der Waals surface area contributed by atoms with E-state index in [2.05, 4.69) is 5.32 Å². The second-order valence-corrected chi connectivity index (χ2v) is 6.73. The number of amides is 1. The van der Waals surface area contributed by atoms with Crippen LogP contribution in [0, 0.1) is 5.92 Å². The third-order valence-electron chi connectivity index (χ3n) is 5.47. The molecular formula is C18H24N2O2. The number of benzene rings is 1. The van der Waals surface area contributed by atoms with Crippen molar-refractivity contribution in [1.82, 2.24) is 5.32 Å². The summed E-state index contributed by atoms with van der Waals surface area (Å²) in [5.41, 5.74) is 1.02. The van der Waals surface area contributed by atoms with Gasteiger partial charge in [0.25, 0.3) is 0 Å². The first kappa shape index (κ1) is 14.2. The van der Waals surface area contributed by atoms with Gasteiger partial charge in [-0.2, -0.15) is 0 Å². The zero-order chi connectivity index (χ0) is 14.9. The largest absolute Gasteiger partial charge is 0.378 e. The fourth-order valence-electron chi connectivity index (χ4n) is 4.34. The van der Waals surface area contributed by atoms with Gasteiger partial charge < -0.3 is 15.0 Å². The van der Waals surface area contributed by atoms with Crippen molar-refractivity contribution in [2.24, 2.45) is 5.92 Å². The smallest absolute Gasteiger partial charge is 0.244 e. The quantitative estimate of drug-likeness (QED) is 0.931. The molecule has 2 heterocycles. The highest BCUT2D eigenvalue weighted by Crippen LogP contribution is 2.35. The number of carbonyl (C=O) groups excluding carboxylic acids is 1. The van der Waals surface area contributed by atoms with Gasteiger partial charge in [0.05, 0.1) is 12.1 Å². The molecule has 118 valence electrons. The summed E-state index contributed by atoms with van der Waals surface area (Å²) >= 11 is 0. The van der Waals surface area contributed by atoms with Crippen molar-refractivity contribution in [2.75, 3.05) is 18.1 Å².